The van der Waals surface area contributed by atoms with Crippen molar-refractivity contribution < 1.29 is 13.5 Å². The average molecular weight is 262 g/mol. The van der Waals surface area contributed by atoms with Crippen LogP contribution in [0.5, 0.6) is 5.88 Å². The molecular formula is C14H12F2N2O. The molecule has 0 unspecified atom stereocenters. The van der Waals surface area contributed by atoms with Gasteiger partial charge in [-0.25, -0.2) is 4.98 Å². The molecule has 0 bridgehead atoms. The van der Waals surface area contributed by atoms with E-state index >= 15 is 0 Å². The lowest BCUT2D eigenvalue weighted by molar-refractivity contribution is -0.0517. The average Bonchev–Trinajstić information content (AvgIpc) is 2.36. The summed E-state index contributed by atoms with van der Waals surface area (Å²) in [5, 5.41) is 10.2. The van der Waals surface area contributed by atoms with Crippen molar-refractivity contribution >= 4 is 10.8 Å². The molecule has 0 saturated heterocycles. The van der Waals surface area contributed by atoms with Gasteiger partial charge >= 0.3 is 6.61 Å². The van der Waals surface area contributed by atoms with Crippen molar-refractivity contribution in [2.75, 3.05) is 0 Å². The second kappa shape index (κ2) is 5.19. The van der Waals surface area contributed by atoms with Crippen LogP contribution in [-0.4, -0.2) is 11.6 Å². The van der Waals surface area contributed by atoms with Crippen LogP contribution < -0.4 is 4.74 Å². The number of benzene rings is 1. The summed E-state index contributed by atoms with van der Waals surface area (Å²) >= 11 is 0. The van der Waals surface area contributed by atoms with Crippen molar-refractivity contribution in [2.24, 2.45) is 0 Å². The lowest BCUT2D eigenvalue weighted by Gasteiger charge is -2.13. The Hall–Kier alpha value is -2.22. The molecule has 0 N–H and O–H groups in total. The van der Waals surface area contributed by atoms with Crippen molar-refractivity contribution in [3.8, 4) is 11.9 Å². The van der Waals surface area contributed by atoms with E-state index in [-0.39, 0.29) is 17.4 Å². The maximum atomic E-state index is 12.4. The van der Waals surface area contributed by atoms with E-state index in [1.807, 2.05) is 26.0 Å². The zero-order valence-electron chi connectivity index (χ0n) is 10.5. The van der Waals surface area contributed by atoms with Gasteiger partial charge in [0.25, 0.3) is 0 Å². The molecule has 0 saturated carbocycles. The van der Waals surface area contributed by atoms with Crippen molar-refractivity contribution in [2.45, 2.75) is 26.4 Å². The van der Waals surface area contributed by atoms with Crippen LogP contribution in [0, 0.1) is 11.3 Å². The third-order valence-corrected chi connectivity index (χ3v) is 2.87. The topological polar surface area (TPSA) is 45.9 Å². The predicted octanol–water partition coefficient (Wildman–Crippen LogP) is 3.83. The first kappa shape index (κ1) is 13.2. The van der Waals surface area contributed by atoms with Crippen LogP contribution in [0.4, 0.5) is 8.78 Å². The Bertz CT molecular complexity index is 648. The largest absolute Gasteiger partial charge is 0.416 e. The van der Waals surface area contributed by atoms with Gasteiger partial charge in [-0.1, -0.05) is 19.9 Å². The molecule has 3 nitrogen and oxygen atoms in total. The van der Waals surface area contributed by atoms with Gasteiger partial charge in [0, 0.05) is 6.20 Å². The second-order valence-corrected chi connectivity index (χ2v) is 4.39. The maximum Gasteiger partial charge on any atom is 0.388 e. The van der Waals surface area contributed by atoms with E-state index in [2.05, 4.69) is 9.72 Å². The standard InChI is InChI=1S/C14H12F2N2O/c1-8(2)10-4-3-9(7-17)12-11(10)5-6-18-13(12)19-14(15)16/h3-6,8,14H,1-2H3. The van der Waals surface area contributed by atoms with E-state index in [0.717, 1.165) is 10.9 Å². The van der Waals surface area contributed by atoms with Crippen LogP contribution >= 0.6 is 0 Å². The Morgan fingerprint density at radius 1 is 1.26 bits per heavy atom. The highest BCUT2D eigenvalue weighted by Crippen LogP contribution is 2.33. The number of rotatable bonds is 3. The highest BCUT2D eigenvalue weighted by atomic mass is 19.3. The SMILES string of the molecule is CC(C)c1ccc(C#N)c2c(OC(F)F)nccc12. The lowest BCUT2D eigenvalue weighted by atomic mass is 9.94. The number of halogens is 2. The molecule has 19 heavy (non-hydrogen) atoms. The van der Waals surface area contributed by atoms with Gasteiger partial charge < -0.3 is 4.74 Å². The van der Waals surface area contributed by atoms with Gasteiger partial charge in [0.15, 0.2) is 0 Å². The minimum atomic E-state index is -2.97. The number of nitrogens with zero attached hydrogens (tertiary/aromatic N) is 2. The van der Waals surface area contributed by atoms with Crippen LogP contribution in [0.15, 0.2) is 24.4 Å². The van der Waals surface area contributed by atoms with Crippen LogP contribution in [0.1, 0.15) is 30.9 Å². The molecule has 0 spiro atoms. The first-order valence-corrected chi connectivity index (χ1v) is 5.81. The molecule has 1 heterocycles. The number of hydrogen-bond acceptors (Lipinski definition) is 3. The molecule has 0 aliphatic heterocycles. The number of aromatic nitrogens is 1. The van der Waals surface area contributed by atoms with Gasteiger partial charge in [-0.15, -0.1) is 0 Å². The fraction of sp³-hybridized carbons (Fsp3) is 0.286. The maximum absolute atomic E-state index is 12.4. The fourth-order valence-electron chi connectivity index (χ4n) is 2.06. The number of fused-ring (bicyclic) bond motifs is 1. The molecule has 1 aromatic heterocycles. The van der Waals surface area contributed by atoms with E-state index < -0.39 is 6.61 Å². The minimum absolute atomic E-state index is 0.202. The zero-order chi connectivity index (χ0) is 14.0. The smallest absolute Gasteiger partial charge is 0.388 e. The van der Waals surface area contributed by atoms with E-state index in [1.165, 1.54) is 6.20 Å². The van der Waals surface area contributed by atoms with E-state index in [4.69, 9.17) is 5.26 Å². The van der Waals surface area contributed by atoms with E-state index in [9.17, 15) is 8.78 Å². The summed E-state index contributed by atoms with van der Waals surface area (Å²) in [6.45, 7) is 1.02. The number of nitriles is 1. The molecule has 0 aliphatic rings. The molecule has 0 amide bonds. The second-order valence-electron chi connectivity index (χ2n) is 4.39. The minimum Gasteiger partial charge on any atom is -0.416 e. The summed E-state index contributed by atoms with van der Waals surface area (Å²) in [4.78, 5) is 3.80. The molecular weight excluding hydrogens is 250 g/mol. The quantitative estimate of drug-likeness (QED) is 0.844. The zero-order valence-corrected chi connectivity index (χ0v) is 10.5. The first-order chi connectivity index (χ1) is 9.04. The molecule has 2 aromatic rings. The number of ether oxygens (including phenoxy) is 1. The summed E-state index contributed by atoms with van der Waals surface area (Å²) in [7, 11) is 0. The van der Waals surface area contributed by atoms with Gasteiger partial charge in [0.1, 0.15) is 0 Å². The Morgan fingerprint density at radius 3 is 2.58 bits per heavy atom. The van der Waals surface area contributed by atoms with Crippen molar-refractivity contribution in [1.82, 2.24) is 4.98 Å². The lowest BCUT2D eigenvalue weighted by Crippen LogP contribution is -2.05. The monoisotopic (exact) mass is 262 g/mol. The number of alkyl halides is 2. The molecule has 0 fully saturated rings. The van der Waals surface area contributed by atoms with Crippen LogP contribution in [-0.2, 0) is 0 Å². The summed E-state index contributed by atoms with van der Waals surface area (Å²) < 4.78 is 29.2. The molecule has 98 valence electrons. The normalized spacial score (nSPS) is 11.0. The summed E-state index contributed by atoms with van der Waals surface area (Å²) in [5.41, 5.74) is 1.25. The van der Waals surface area contributed by atoms with Gasteiger partial charge in [-0.05, 0) is 29.0 Å². The Labute approximate surface area is 109 Å². The highest BCUT2D eigenvalue weighted by Gasteiger charge is 2.16. The van der Waals surface area contributed by atoms with E-state index in [0.29, 0.717) is 5.39 Å². The molecule has 1 aromatic carbocycles. The molecule has 0 radical (unpaired) electrons. The van der Waals surface area contributed by atoms with Crippen molar-refractivity contribution in [3.63, 3.8) is 0 Å². The van der Waals surface area contributed by atoms with E-state index in [1.54, 1.807) is 12.1 Å². The van der Waals surface area contributed by atoms with Crippen LogP contribution in [0.25, 0.3) is 10.8 Å². The van der Waals surface area contributed by atoms with Crippen LogP contribution in [0.3, 0.4) is 0 Å². The van der Waals surface area contributed by atoms with Gasteiger partial charge in [-0.2, -0.15) is 14.0 Å². The Morgan fingerprint density at radius 2 is 2.00 bits per heavy atom. The van der Waals surface area contributed by atoms with Gasteiger partial charge in [0.2, 0.25) is 5.88 Å². The third kappa shape index (κ3) is 2.48. The van der Waals surface area contributed by atoms with Gasteiger partial charge in [0.05, 0.1) is 17.0 Å². The summed E-state index contributed by atoms with van der Waals surface area (Å²) in [5.74, 6) is 0.00333. The Kier molecular flexibility index (Phi) is 3.61. The van der Waals surface area contributed by atoms with Crippen molar-refractivity contribution in [1.29, 1.82) is 5.26 Å². The first-order valence-electron chi connectivity index (χ1n) is 5.81. The van der Waals surface area contributed by atoms with Crippen molar-refractivity contribution in [3.05, 3.63) is 35.5 Å². The van der Waals surface area contributed by atoms with Crippen LogP contribution in [0.2, 0.25) is 0 Å². The predicted molar refractivity (Wildman–Crippen MR) is 67.2 cm³/mol. The number of hydrogen-bond donors (Lipinski definition) is 0. The molecule has 0 aliphatic carbocycles. The fourth-order valence-corrected chi connectivity index (χ4v) is 2.06. The number of pyridine rings is 1. The highest BCUT2D eigenvalue weighted by molar-refractivity contribution is 5.94. The molecule has 5 heteroatoms. The third-order valence-electron chi connectivity index (χ3n) is 2.87. The Balaban J connectivity index is 2.79. The summed E-state index contributed by atoms with van der Waals surface area (Å²) in [6.07, 6.45) is 1.41. The molecule has 0 atom stereocenters. The molecule has 2 rings (SSSR count). The summed E-state index contributed by atoms with van der Waals surface area (Å²) in [6, 6.07) is 7.14. The van der Waals surface area contributed by atoms with Gasteiger partial charge in [-0.3, -0.25) is 0 Å².